The summed E-state index contributed by atoms with van der Waals surface area (Å²) in [6, 6.07) is 23.3. The van der Waals surface area contributed by atoms with Crippen molar-refractivity contribution in [1.82, 2.24) is 29.7 Å². The minimum Gasteiger partial charge on any atom is -0.465 e. The zero-order valence-electron chi connectivity index (χ0n) is 43.4. The summed E-state index contributed by atoms with van der Waals surface area (Å²) in [4.78, 5) is 42.1. The molecule has 77 heavy (non-hydrogen) atoms. The van der Waals surface area contributed by atoms with Gasteiger partial charge in [-0.3, -0.25) is 4.90 Å². The summed E-state index contributed by atoms with van der Waals surface area (Å²) in [6.07, 6.45) is 10.1. The van der Waals surface area contributed by atoms with Crippen molar-refractivity contribution in [3.63, 3.8) is 0 Å². The van der Waals surface area contributed by atoms with Gasteiger partial charge in [0.1, 0.15) is 29.2 Å². The Bertz CT molecular complexity index is 3410. The van der Waals surface area contributed by atoms with Gasteiger partial charge < -0.3 is 47.6 Å². The van der Waals surface area contributed by atoms with E-state index in [-0.39, 0.29) is 18.4 Å². The summed E-state index contributed by atoms with van der Waals surface area (Å²) in [5, 5.41) is 15.9. The number of carbonyl (C=O) groups is 3. The number of methoxy groups -OCH3 is 2. The van der Waals surface area contributed by atoms with Crippen LogP contribution in [0.3, 0.4) is 0 Å². The van der Waals surface area contributed by atoms with Crippen LogP contribution in [-0.4, -0.2) is 116 Å². The first kappa shape index (κ1) is 54.0. The van der Waals surface area contributed by atoms with Crippen molar-refractivity contribution in [2.45, 2.75) is 50.4 Å². The Labute approximate surface area is 466 Å². The van der Waals surface area contributed by atoms with Crippen LogP contribution in [0.2, 0.25) is 20.1 Å². The van der Waals surface area contributed by atoms with Crippen LogP contribution in [0.4, 0.5) is 11.4 Å². The number of aryl methyl sites for hydroxylation is 2. The third kappa shape index (κ3) is 11.6. The number of halogens is 4. The van der Waals surface area contributed by atoms with Crippen LogP contribution in [0.5, 0.6) is 0 Å². The highest BCUT2D eigenvalue weighted by Crippen LogP contribution is 2.47. The van der Waals surface area contributed by atoms with Gasteiger partial charge in [-0.25, -0.2) is 9.59 Å². The van der Waals surface area contributed by atoms with E-state index in [4.69, 9.17) is 64.9 Å². The number of piperazine rings is 2. The first-order valence-electron chi connectivity index (χ1n) is 25.9. The molecule has 402 valence electrons. The van der Waals surface area contributed by atoms with Gasteiger partial charge in [-0.15, -0.1) is 0 Å². The maximum Gasteiger partial charge on any atom is 0.340 e. The zero-order chi connectivity index (χ0) is 53.9. The first-order chi connectivity index (χ1) is 37.4. The predicted molar refractivity (Wildman–Crippen MR) is 304 cm³/mol. The fourth-order valence-electron chi connectivity index (χ4n) is 10.4. The van der Waals surface area contributed by atoms with Crippen LogP contribution in [0, 0.1) is 0 Å². The Hall–Kier alpha value is -6.33. The molecule has 15 nitrogen and oxygen atoms in total. The molecular formula is C58H60Cl4N8O7. The molecule has 2 aliphatic heterocycles. The average molecular weight is 1120 g/mol. The Morgan fingerprint density at radius 1 is 0.636 bits per heavy atom. The fourth-order valence-corrected chi connectivity index (χ4v) is 11.6. The zero-order valence-corrected chi connectivity index (χ0v) is 46.4. The number of hydrogen-bond donors (Lipinski definition) is 1. The van der Waals surface area contributed by atoms with Crippen molar-refractivity contribution in [3.05, 3.63) is 139 Å². The lowest BCUT2D eigenvalue weighted by Crippen LogP contribution is -2.47. The van der Waals surface area contributed by atoms with Gasteiger partial charge in [0.25, 0.3) is 0 Å². The third-order valence-electron chi connectivity index (χ3n) is 14.9. The van der Waals surface area contributed by atoms with Crippen molar-refractivity contribution >= 4 is 97.8 Å². The van der Waals surface area contributed by atoms with Crippen LogP contribution in [0.25, 0.3) is 44.3 Å². The normalized spacial score (nSPS) is 15.7. The summed E-state index contributed by atoms with van der Waals surface area (Å²) >= 11 is 25.4. The smallest absolute Gasteiger partial charge is 0.340 e. The number of fused-ring (bicyclic) bond motifs is 2. The second-order valence-electron chi connectivity index (χ2n) is 19.9. The van der Waals surface area contributed by atoms with Gasteiger partial charge >= 0.3 is 11.9 Å². The number of nitrogens with one attached hydrogen (secondary N) is 1. The van der Waals surface area contributed by atoms with Crippen LogP contribution in [0.1, 0.15) is 80.9 Å². The molecule has 2 aliphatic carbocycles. The van der Waals surface area contributed by atoms with Gasteiger partial charge in [0.15, 0.2) is 0 Å². The largest absolute Gasteiger partial charge is 0.465 e. The summed E-state index contributed by atoms with van der Waals surface area (Å²) < 4.78 is 25.0. The Kier molecular flexibility index (Phi) is 16.7. The summed E-state index contributed by atoms with van der Waals surface area (Å²) in [5.41, 5.74) is 10.4. The molecule has 0 bridgehead atoms. The van der Waals surface area contributed by atoms with E-state index in [0.717, 1.165) is 153 Å². The van der Waals surface area contributed by atoms with Gasteiger partial charge in [0.2, 0.25) is 0 Å². The van der Waals surface area contributed by atoms with Gasteiger partial charge in [-0.05, 0) is 92.8 Å². The highest BCUT2D eigenvalue weighted by Gasteiger charge is 2.35. The minimum absolute atomic E-state index is 0.270. The van der Waals surface area contributed by atoms with E-state index in [9.17, 15) is 14.4 Å². The fraction of sp³-hybridized carbons (Fsp3) is 0.362. The van der Waals surface area contributed by atoms with E-state index in [2.05, 4.69) is 54.6 Å². The highest BCUT2D eigenvalue weighted by atomic mass is 35.5. The predicted octanol–water partition coefficient (Wildman–Crippen LogP) is 11.8. The molecule has 2 saturated carbocycles. The summed E-state index contributed by atoms with van der Waals surface area (Å²) in [5.74, 6) is 2.05. The molecule has 4 aromatic carbocycles. The highest BCUT2D eigenvalue weighted by molar-refractivity contribution is 6.39. The van der Waals surface area contributed by atoms with Crippen LogP contribution in [-0.2, 0) is 41.2 Å². The van der Waals surface area contributed by atoms with Crippen molar-refractivity contribution in [3.8, 4) is 22.5 Å². The van der Waals surface area contributed by atoms with Crippen molar-refractivity contribution in [2.75, 3.05) is 82.9 Å². The van der Waals surface area contributed by atoms with Gasteiger partial charge in [-0.2, -0.15) is 0 Å². The van der Waals surface area contributed by atoms with Gasteiger partial charge in [-0.1, -0.05) is 68.8 Å². The van der Waals surface area contributed by atoms with Crippen molar-refractivity contribution < 1.29 is 32.9 Å². The lowest BCUT2D eigenvalue weighted by Gasteiger charge is -2.36. The second kappa shape index (κ2) is 23.7. The number of carbonyl (C=O) groups excluding carboxylic acids is 3. The molecule has 4 aliphatic rings. The van der Waals surface area contributed by atoms with Crippen LogP contribution in [0.15, 0.2) is 94.2 Å². The first-order valence-corrected chi connectivity index (χ1v) is 27.5. The van der Waals surface area contributed by atoms with Crippen LogP contribution >= 0.6 is 46.4 Å². The number of aromatic nitrogens is 4. The third-order valence-corrected chi connectivity index (χ3v) is 16.1. The number of benzene rings is 4. The molecule has 0 unspecified atom stereocenters. The van der Waals surface area contributed by atoms with E-state index >= 15 is 0 Å². The van der Waals surface area contributed by atoms with Crippen molar-refractivity contribution in [2.24, 2.45) is 14.1 Å². The average Bonchev–Trinajstić information content (AvgIpc) is 4.38. The molecule has 4 aromatic heterocycles. The summed E-state index contributed by atoms with van der Waals surface area (Å²) in [7, 11) is 6.74. The van der Waals surface area contributed by atoms with E-state index in [1.54, 1.807) is 18.2 Å². The molecule has 6 heterocycles. The molecule has 0 spiro atoms. The topological polar surface area (TPSA) is 153 Å². The van der Waals surface area contributed by atoms with E-state index < -0.39 is 0 Å². The Morgan fingerprint density at radius 2 is 1.08 bits per heavy atom. The number of anilines is 2. The summed E-state index contributed by atoms with van der Waals surface area (Å²) in [6.45, 7) is 8.76. The second-order valence-corrected chi connectivity index (χ2v) is 21.5. The standard InChI is InChI=1S/C29H30Cl2N4O3.C15H19N3O2.C14H11Cl2NO2/c1-33-17-22(29(36)37-2)20-9-8-19(16-25(20)33)35-14-12-34(13-15-35)11-10-21-27(32-38-28(21)18-6-7-18)26-23(30)4-3-5-24(26)31;1-17-10-13(15(19)20-2)12-4-3-11(9-14(12)17)18-7-5-16-6-8-18;15-10-2-1-3-11(16)12(10)13-9(6-7-18)14(19-17-13)8-4-5-8/h3-5,8-9,16-18H,6-7,10-15H2,1-2H3;3-4,9-10,16H,5-8H2,1-2H3;1-3,7-8H,4-6H2. The molecule has 12 rings (SSSR count). The minimum atomic E-state index is -0.311. The number of hydrogen-bond acceptors (Lipinski definition) is 13. The molecule has 8 aromatic rings. The monoisotopic (exact) mass is 1120 g/mol. The molecule has 0 radical (unpaired) electrons. The lowest BCUT2D eigenvalue weighted by atomic mass is 10.0. The van der Waals surface area contributed by atoms with Gasteiger partial charge in [0.05, 0.1) is 56.5 Å². The lowest BCUT2D eigenvalue weighted by molar-refractivity contribution is -0.107. The molecule has 1 N–H and O–H groups in total. The quantitative estimate of drug-likeness (QED) is 0.0861. The molecule has 0 amide bonds. The van der Waals surface area contributed by atoms with E-state index in [0.29, 0.717) is 54.3 Å². The number of nitrogens with zero attached hydrogens (tertiary/aromatic N) is 7. The van der Waals surface area contributed by atoms with E-state index in [1.165, 1.54) is 25.6 Å². The molecule has 19 heteroatoms. The van der Waals surface area contributed by atoms with Crippen molar-refractivity contribution in [1.29, 1.82) is 0 Å². The number of aldehydes is 1. The number of esters is 2. The van der Waals surface area contributed by atoms with Gasteiger partial charge in [0, 0.05) is 148 Å². The molecular weight excluding hydrogens is 1060 g/mol. The Balaban J connectivity index is 0.000000145. The Morgan fingerprint density at radius 3 is 1.52 bits per heavy atom. The molecule has 0 atom stereocenters. The maximum atomic E-state index is 12.1. The molecule has 2 saturated heterocycles. The maximum absolute atomic E-state index is 12.1. The van der Waals surface area contributed by atoms with E-state index in [1.807, 2.05) is 66.0 Å². The number of ether oxygens (including phenoxy) is 2. The SMILES string of the molecule is COC(=O)c1cn(C)c2cc(N3CCN(CCc4c(-c5c(Cl)cccc5Cl)noc4C4CC4)CC3)ccc12.COC(=O)c1cn(C)c2cc(N3CCNCC3)ccc12.O=CCc1c(-c2c(Cl)cccc2Cl)noc1C1CC1. The number of rotatable bonds is 13. The van der Waals surface area contributed by atoms with Crippen LogP contribution < -0.4 is 15.1 Å². The molecule has 4 fully saturated rings.